The lowest BCUT2D eigenvalue weighted by atomic mass is 10.0. The summed E-state index contributed by atoms with van der Waals surface area (Å²) in [6, 6.07) is 0. The molecule has 0 aromatic heterocycles. The summed E-state index contributed by atoms with van der Waals surface area (Å²) >= 11 is 0. The summed E-state index contributed by atoms with van der Waals surface area (Å²) in [6.45, 7) is 3.20. The van der Waals surface area contributed by atoms with Crippen LogP contribution in [0.1, 0.15) is 19.8 Å². The molecule has 0 spiro atoms. The highest BCUT2D eigenvalue weighted by molar-refractivity contribution is 4.71. The third-order valence-electron chi connectivity index (χ3n) is 1.94. The van der Waals surface area contributed by atoms with Crippen molar-refractivity contribution in [3.63, 3.8) is 0 Å². The molecule has 0 bridgehead atoms. The quantitative estimate of drug-likeness (QED) is 0.599. The van der Waals surface area contributed by atoms with Crippen LogP contribution in [-0.2, 0) is 4.74 Å². The van der Waals surface area contributed by atoms with Gasteiger partial charge in [0.1, 0.15) is 0 Å². The van der Waals surface area contributed by atoms with Crippen LogP contribution in [0.15, 0.2) is 0 Å². The molecule has 54 valence electrons. The van der Waals surface area contributed by atoms with E-state index in [1.54, 1.807) is 0 Å². The lowest BCUT2D eigenvalue weighted by molar-refractivity contribution is 0.0572. The summed E-state index contributed by atoms with van der Waals surface area (Å²) < 4.78 is 5.26. The van der Waals surface area contributed by atoms with Crippen LogP contribution in [-0.4, -0.2) is 24.4 Å². The molecule has 0 aromatic rings. The second kappa shape index (κ2) is 3.18. The minimum atomic E-state index is 0.134. The van der Waals surface area contributed by atoms with Crippen molar-refractivity contribution in [2.24, 2.45) is 5.92 Å². The van der Waals surface area contributed by atoms with Gasteiger partial charge in [0.2, 0.25) is 0 Å². The van der Waals surface area contributed by atoms with Gasteiger partial charge in [-0.25, -0.2) is 0 Å². The van der Waals surface area contributed by atoms with Gasteiger partial charge in [-0.3, -0.25) is 0 Å². The molecule has 2 nitrogen and oxygen atoms in total. The predicted molar refractivity (Wildman–Crippen MR) is 35.2 cm³/mol. The summed E-state index contributed by atoms with van der Waals surface area (Å²) in [5, 5.41) is 8.65. The molecule has 0 saturated carbocycles. The summed E-state index contributed by atoms with van der Waals surface area (Å²) in [7, 11) is 0. The van der Waals surface area contributed by atoms with Crippen molar-refractivity contribution in [2.75, 3.05) is 13.2 Å². The Morgan fingerprint density at radius 1 is 1.67 bits per heavy atom. The third-order valence-corrected chi connectivity index (χ3v) is 1.94. The average molecular weight is 130 g/mol. The molecule has 1 heterocycles. The van der Waals surface area contributed by atoms with Gasteiger partial charge in [0.05, 0.1) is 12.7 Å². The van der Waals surface area contributed by atoms with E-state index < -0.39 is 0 Å². The molecule has 1 rings (SSSR count). The summed E-state index contributed by atoms with van der Waals surface area (Å²) in [5.74, 6) is 0.696. The molecule has 0 aliphatic carbocycles. The number of aliphatic hydroxyl groups excluding tert-OH is 1. The zero-order chi connectivity index (χ0) is 6.69. The normalized spacial score (nSPS) is 35.3. The van der Waals surface area contributed by atoms with E-state index in [9.17, 15) is 0 Å². The molecular formula is C7H14O2. The first-order chi connectivity index (χ1) is 4.36. The Balaban J connectivity index is 2.20. The van der Waals surface area contributed by atoms with Crippen LogP contribution >= 0.6 is 0 Å². The summed E-state index contributed by atoms with van der Waals surface area (Å²) in [4.78, 5) is 0. The molecule has 1 aliphatic rings. The fourth-order valence-electron chi connectivity index (χ4n) is 1.19. The predicted octanol–water partition coefficient (Wildman–Crippen LogP) is 0.794. The van der Waals surface area contributed by atoms with Crippen molar-refractivity contribution < 1.29 is 9.84 Å². The zero-order valence-corrected chi connectivity index (χ0v) is 5.84. The van der Waals surface area contributed by atoms with Crippen LogP contribution in [0.2, 0.25) is 0 Å². The number of aliphatic hydroxyl groups is 1. The molecule has 1 fully saturated rings. The van der Waals surface area contributed by atoms with Gasteiger partial charge in [-0.2, -0.15) is 0 Å². The Labute approximate surface area is 55.8 Å². The lowest BCUT2D eigenvalue weighted by Gasteiger charge is -2.02. The van der Waals surface area contributed by atoms with E-state index in [2.05, 4.69) is 6.92 Å². The van der Waals surface area contributed by atoms with E-state index in [0.717, 1.165) is 13.0 Å². The molecule has 2 heteroatoms. The molecule has 2 atom stereocenters. The molecule has 1 aliphatic heterocycles. The SMILES string of the molecule is CC[C@@H]1CO[C@H](CO)C1. The second-order valence-electron chi connectivity index (χ2n) is 2.65. The Bertz CT molecular complexity index is 73.0. The van der Waals surface area contributed by atoms with Crippen LogP contribution < -0.4 is 0 Å². The van der Waals surface area contributed by atoms with Gasteiger partial charge >= 0.3 is 0 Å². The van der Waals surface area contributed by atoms with Crippen LogP contribution in [0.5, 0.6) is 0 Å². The maximum absolute atomic E-state index is 8.65. The Morgan fingerprint density at radius 3 is 2.78 bits per heavy atom. The standard InChI is InChI=1S/C7H14O2/c1-2-6-3-7(4-8)9-5-6/h6-8H,2-5H2,1H3/t6-,7-/m0/s1. The Kier molecular flexibility index (Phi) is 2.49. The van der Waals surface area contributed by atoms with E-state index in [1.807, 2.05) is 0 Å². The minimum absolute atomic E-state index is 0.134. The topological polar surface area (TPSA) is 29.5 Å². The van der Waals surface area contributed by atoms with Crippen molar-refractivity contribution in [2.45, 2.75) is 25.9 Å². The molecule has 1 saturated heterocycles. The zero-order valence-electron chi connectivity index (χ0n) is 5.84. The van der Waals surface area contributed by atoms with Crippen molar-refractivity contribution >= 4 is 0 Å². The maximum Gasteiger partial charge on any atom is 0.0809 e. The van der Waals surface area contributed by atoms with E-state index in [0.29, 0.717) is 5.92 Å². The molecule has 1 N–H and O–H groups in total. The van der Waals surface area contributed by atoms with Gasteiger partial charge in [0, 0.05) is 6.61 Å². The molecule has 0 radical (unpaired) electrons. The Hall–Kier alpha value is -0.0800. The van der Waals surface area contributed by atoms with E-state index in [4.69, 9.17) is 9.84 Å². The maximum atomic E-state index is 8.65. The summed E-state index contributed by atoms with van der Waals surface area (Å²) in [6.07, 6.45) is 2.36. The average Bonchev–Trinajstić information content (AvgIpc) is 2.34. The molecule has 0 unspecified atom stereocenters. The first-order valence-corrected chi connectivity index (χ1v) is 3.59. The molecule has 0 amide bonds. The largest absolute Gasteiger partial charge is 0.394 e. The van der Waals surface area contributed by atoms with Crippen molar-refractivity contribution in [3.05, 3.63) is 0 Å². The highest BCUT2D eigenvalue weighted by atomic mass is 16.5. The highest BCUT2D eigenvalue weighted by Gasteiger charge is 2.22. The van der Waals surface area contributed by atoms with Gasteiger partial charge in [0.15, 0.2) is 0 Å². The van der Waals surface area contributed by atoms with Crippen LogP contribution in [0.4, 0.5) is 0 Å². The number of ether oxygens (including phenoxy) is 1. The van der Waals surface area contributed by atoms with Crippen molar-refractivity contribution in [1.29, 1.82) is 0 Å². The van der Waals surface area contributed by atoms with Gasteiger partial charge in [-0.05, 0) is 12.3 Å². The van der Waals surface area contributed by atoms with E-state index in [-0.39, 0.29) is 12.7 Å². The van der Waals surface area contributed by atoms with E-state index in [1.165, 1.54) is 6.42 Å². The van der Waals surface area contributed by atoms with Crippen LogP contribution in [0.3, 0.4) is 0 Å². The van der Waals surface area contributed by atoms with Gasteiger partial charge in [0.25, 0.3) is 0 Å². The lowest BCUT2D eigenvalue weighted by Crippen LogP contribution is -2.09. The second-order valence-corrected chi connectivity index (χ2v) is 2.65. The third kappa shape index (κ3) is 1.66. The fourth-order valence-corrected chi connectivity index (χ4v) is 1.19. The van der Waals surface area contributed by atoms with Gasteiger partial charge in [-0.15, -0.1) is 0 Å². The minimum Gasteiger partial charge on any atom is -0.394 e. The molecule has 9 heavy (non-hydrogen) atoms. The van der Waals surface area contributed by atoms with E-state index >= 15 is 0 Å². The number of hydrogen-bond acceptors (Lipinski definition) is 2. The van der Waals surface area contributed by atoms with Crippen LogP contribution in [0.25, 0.3) is 0 Å². The molecule has 0 aromatic carbocycles. The number of hydrogen-bond donors (Lipinski definition) is 1. The highest BCUT2D eigenvalue weighted by Crippen LogP contribution is 2.21. The Morgan fingerprint density at radius 2 is 2.44 bits per heavy atom. The number of rotatable bonds is 2. The smallest absolute Gasteiger partial charge is 0.0809 e. The van der Waals surface area contributed by atoms with Gasteiger partial charge < -0.3 is 9.84 Å². The summed E-state index contributed by atoms with van der Waals surface area (Å²) in [5.41, 5.74) is 0. The van der Waals surface area contributed by atoms with Crippen molar-refractivity contribution in [1.82, 2.24) is 0 Å². The first-order valence-electron chi connectivity index (χ1n) is 3.59. The van der Waals surface area contributed by atoms with Crippen LogP contribution in [0, 0.1) is 5.92 Å². The van der Waals surface area contributed by atoms with Crippen molar-refractivity contribution in [3.8, 4) is 0 Å². The first kappa shape index (κ1) is 7.03. The molecular weight excluding hydrogens is 116 g/mol. The monoisotopic (exact) mass is 130 g/mol. The fraction of sp³-hybridized carbons (Fsp3) is 1.00. The van der Waals surface area contributed by atoms with Gasteiger partial charge in [-0.1, -0.05) is 13.3 Å².